The molecular weight excluding hydrogens is 611 g/mol. The van der Waals surface area contributed by atoms with Crippen LogP contribution < -0.4 is 19.7 Å². The molecule has 3 aromatic heterocycles. The van der Waals surface area contributed by atoms with Crippen LogP contribution in [0.25, 0.3) is 5.82 Å². The van der Waals surface area contributed by atoms with Crippen LogP contribution in [-0.4, -0.2) is 65.5 Å². The maximum Gasteiger partial charge on any atom is 0.394 e. The van der Waals surface area contributed by atoms with Gasteiger partial charge in [-0.25, -0.2) is 19.4 Å². The van der Waals surface area contributed by atoms with Crippen LogP contribution in [0.2, 0.25) is 0 Å². The first-order chi connectivity index (χ1) is 22.5. The van der Waals surface area contributed by atoms with Gasteiger partial charge in [-0.05, 0) is 88.9 Å². The van der Waals surface area contributed by atoms with Crippen LogP contribution in [0.1, 0.15) is 73.2 Å². The van der Waals surface area contributed by atoms with Crippen LogP contribution in [0.15, 0.2) is 47.6 Å². The summed E-state index contributed by atoms with van der Waals surface area (Å²) in [7, 11) is -4.43. The first kappa shape index (κ1) is 27.4. The molecular formula is C30H36F3N7O4S. The van der Waals surface area contributed by atoms with Crippen LogP contribution >= 0.6 is 0 Å². The number of hydrogen-bond donors (Lipinski definition) is 2. The van der Waals surface area contributed by atoms with E-state index in [0.717, 1.165) is 0 Å². The summed E-state index contributed by atoms with van der Waals surface area (Å²) >= 11 is 0. The van der Waals surface area contributed by atoms with E-state index < -0.39 is 39.9 Å². The number of fused-ring (bicyclic) bond motifs is 6. The lowest BCUT2D eigenvalue weighted by Crippen LogP contribution is -2.41. The number of carbonyl (C=O) groups excluding carboxylic acids is 1. The molecule has 11 nitrogen and oxygen atoms in total. The van der Waals surface area contributed by atoms with Crippen molar-refractivity contribution in [3.05, 3.63) is 48.2 Å². The average Bonchev–Trinajstić information content (AvgIpc) is 3.54. The smallest absolute Gasteiger partial charge is 0.394 e. The quantitative estimate of drug-likeness (QED) is 0.350. The second-order valence-electron chi connectivity index (χ2n) is 12.2. The lowest BCUT2D eigenvalue weighted by molar-refractivity contribution is -0.189. The Labute approximate surface area is 263 Å². The predicted molar refractivity (Wildman–Crippen MR) is 160 cm³/mol. The number of amides is 1. The molecule has 1 aliphatic carbocycles. The Kier molecular flexibility index (Phi) is 7.00. The van der Waals surface area contributed by atoms with E-state index in [1.54, 1.807) is 17.9 Å². The topological polar surface area (TPSA) is 131 Å². The molecule has 1 saturated carbocycles. The third-order valence-electron chi connectivity index (χ3n) is 8.71. The van der Waals surface area contributed by atoms with Gasteiger partial charge in [0.05, 0.1) is 17.6 Å². The van der Waals surface area contributed by atoms with Crippen LogP contribution in [0.3, 0.4) is 0 Å². The number of anilines is 2. The first-order valence-electron chi connectivity index (χ1n) is 16.3. The van der Waals surface area contributed by atoms with Crippen molar-refractivity contribution in [3.8, 4) is 11.7 Å². The number of ether oxygens (including phenoxy) is 1. The number of carbonyl (C=O) groups is 1. The van der Waals surface area contributed by atoms with Gasteiger partial charge in [-0.15, -0.1) is 5.10 Å². The third-order valence-corrected chi connectivity index (χ3v) is 9.94. The van der Waals surface area contributed by atoms with Gasteiger partial charge in [0.15, 0.2) is 10.8 Å². The maximum absolute atomic E-state index is 13.7. The highest BCUT2D eigenvalue weighted by molar-refractivity contribution is 7.90. The SMILES string of the molecule is [2H]C([2H])([2H])C1(C)C[C@@H]2CCCNc3cccc(n3)S(=O)(=O)NC(=O)c3ccc(-n4ccc(OCCCC5(C(F)(F)F)CC5)n4)nc3N1C2. The summed E-state index contributed by atoms with van der Waals surface area (Å²) < 4.78 is 101. The fourth-order valence-electron chi connectivity index (χ4n) is 6.08. The normalized spacial score (nSPS) is 25.3. The van der Waals surface area contributed by atoms with E-state index in [1.807, 2.05) is 0 Å². The molecule has 2 fully saturated rings. The number of sulfonamides is 1. The van der Waals surface area contributed by atoms with E-state index in [0.29, 0.717) is 25.2 Å². The van der Waals surface area contributed by atoms with E-state index >= 15 is 0 Å². The number of pyridine rings is 2. The Morgan fingerprint density at radius 1 is 1.18 bits per heavy atom. The fourth-order valence-corrected chi connectivity index (χ4v) is 7.02. The molecule has 0 spiro atoms. The van der Waals surface area contributed by atoms with Crippen LogP contribution in [0, 0.1) is 11.3 Å². The molecule has 45 heavy (non-hydrogen) atoms. The van der Waals surface area contributed by atoms with E-state index in [2.05, 4.69) is 25.1 Å². The lowest BCUT2D eigenvalue weighted by atomic mass is 9.93. The van der Waals surface area contributed by atoms with Crippen molar-refractivity contribution >= 4 is 27.6 Å². The standard InChI is InChI=1S/C30H36F3N7O4S/c1-28(2)18-20-6-4-15-34-22-7-3-8-25(35-22)45(42,43)38-27(41)21-9-10-23(36-26(21)39(28)19-20)40-16-11-24(37-40)44-17-5-12-29(13-14-29)30(31,32)33/h3,7-11,16,20H,4-6,12-15,17-19H2,1-2H3,(H,34,35)(H,38,41)/t20-/m0/s1/i1D3/t20-,28?. The predicted octanol–water partition coefficient (Wildman–Crippen LogP) is 5.09. The van der Waals surface area contributed by atoms with Gasteiger partial charge in [0.25, 0.3) is 15.9 Å². The molecule has 242 valence electrons. The summed E-state index contributed by atoms with van der Waals surface area (Å²) in [6.45, 7) is -0.164. The summed E-state index contributed by atoms with van der Waals surface area (Å²) in [5.74, 6) is -0.485. The minimum Gasteiger partial charge on any atom is -0.477 e. The summed E-state index contributed by atoms with van der Waals surface area (Å²) in [6.07, 6.45) is -0.725. The van der Waals surface area contributed by atoms with Crippen LogP contribution in [0.4, 0.5) is 24.8 Å². The molecule has 1 unspecified atom stereocenters. The van der Waals surface area contributed by atoms with E-state index in [9.17, 15) is 26.4 Å². The minimum absolute atomic E-state index is 0.0283. The van der Waals surface area contributed by atoms with Crippen LogP contribution in [-0.2, 0) is 10.0 Å². The second kappa shape index (κ2) is 11.5. The van der Waals surface area contributed by atoms with Gasteiger partial charge < -0.3 is 15.0 Å². The number of halogens is 3. The molecule has 5 heterocycles. The molecule has 1 saturated heterocycles. The third kappa shape index (κ3) is 6.44. The molecule has 0 aromatic carbocycles. The van der Waals surface area contributed by atoms with Gasteiger partial charge in [0, 0.05) is 35.0 Å². The van der Waals surface area contributed by atoms with Gasteiger partial charge >= 0.3 is 6.18 Å². The zero-order valence-electron chi connectivity index (χ0n) is 27.6. The largest absolute Gasteiger partial charge is 0.477 e. The average molecular weight is 651 g/mol. The van der Waals surface area contributed by atoms with Crippen molar-refractivity contribution in [2.45, 2.75) is 75.5 Å². The zero-order valence-corrected chi connectivity index (χ0v) is 25.4. The molecule has 2 atom stereocenters. The lowest BCUT2D eigenvalue weighted by Gasteiger charge is -2.34. The molecule has 1 amide bonds. The Balaban J connectivity index is 1.32. The monoisotopic (exact) mass is 650 g/mol. The summed E-state index contributed by atoms with van der Waals surface area (Å²) in [6, 6.07) is 8.69. The molecule has 3 aliphatic rings. The molecule has 6 rings (SSSR count). The van der Waals surface area contributed by atoms with Crippen molar-refractivity contribution in [2.75, 3.05) is 29.9 Å². The number of rotatable bonds is 6. The highest BCUT2D eigenvalue weighted by atomic mass is 32.2. The molecule has 15 heteroatoms. The molecule has 4 bridgehead atoms. The highest BCUT2D eigenvalue weighted by Crippen LogP contribution is 2.60. The zero-order chi connectivity index (χ0) is 34.5. The van der Waals surface area contributed by atoms with Crippen molar-refractivity contribution in [1.82, 2.24) is 24.5 Å². The number of aromatic nitrogens is 4. The second-order valence-corrected chi connectivity index (χ2v) is 13.8. The van der Waals surface area contributed by atoms with Crippen molar-refractivity contribution < 1.29 is 35.2 Å². The molecule has 2 N–H and O–H groups in total. The first-order valence-corrected chi connectivity index (χ1v) is 16.3. The molecule has 2 aliphatic heterocycles. The van der Waals surface area contributed by atoms with Crippen molar-refractivity contribution in [2.24, 2.45) is 11.3 Å². The Bertz CT molecular complexity index is 1800. The van der Waals surface area contributed by atoms with E-state index in [-0.39, 0.29) is 79.3 Å². The van der Waals surface area contributed by atoms with E-state index in [1.165, 1.54) is 41.2 Å². The highest BCUT2D eigenvalue weighted by Gasteiger charge is 2.62. The van der Waals surface area contributed by atoms with Crippen molar-refractivity contribution in [3.63, 3.8) is 0 Å². The maximum atomic E-state index is 13.7. The van der Waals surface area contributed by atoms with Gasteiger partial charge in [-0.1, -0.05) is 6.07 Å². The van der Waals surface area contributed by atoms with Crippen molar-refractivity contribution in [1.29, 1.82) is 0 Å². The van der Waals surface area contributed by atoms with E-state index in [4.69, 9.17) is 8.85 Å². The summed E-state index contributed by atoms with van der Waals surface area (Å²) in [5, 5.41) is 7.06. The molecule has 0 radical (unpaired) electrons. The number of alkyl halides is 3. The Morgan fingerprint density at radius 2 is 2.00 bits per heavy atom. The van der Waals surface area contributed by atoms with Crippen LogP contribution in [0.5, 0.6) is 5.88 Å². The Hall–Kier alpha value is -3.88. The van der Waals surface area contributed by atoms with Gasteiger partial charge in [0.1, 0.15) is 11.6 Å². The summed E-state index contributed by atoms with van der Waals surface area (Å²) in [5.41, 5.74) is -3.22. The van der Waals surface area contributed by atoms with Gasteiger partial charge in [0.2, 0.25) is 5.88 Å². The summed E-state index contributed by atoms with van der Waals surface area (Å²) in [4.78, 5) is 24.1. The van der Waals surface area contributed by atoms with Gasteiger partial charge in [-0.2, -0.15) is 21.6 Å². The Morgan fingerprint density at radius 3 is 2.76 bits per heavy atom. The minimum atomic E-state index is -4.43. The number of nitrogens with one attached hydrogen (secondary N) is 2. The molecule has 3 aromatic rings. The number of hydrogen-bond acceptors (Lipinski definition) is 9. The number of nitrogens with zero attached hydrogens (tertiary/aromatic N) is 5. The fraction of sp³-hybridized carbons (Fsp3) is 0.533. The van der Waals surface area contributed by atoms with Gasteiger partial charge in [-0.3, -0.25) is 4.79 Å².